The topological polar surface area (TPSA) is 69.6 Å². The van der Waals surface area contributed by atoms with E-state index in [-0.39, 0.29) is 0 Å². The van der Waals surface area contributed by atoms with E-state index in [9.17, 15) is 0 Å². The predicted molar refractivity (Wildman–Crippen MR) is 203 cm³/mol. The molecule has 0 spiro atoms. The first-order valence-corrected chi connectivity index (χ1v) is 16.6. The summed E-state index contributed by atoms with van der Waals surface area (Å²) in [5, 5.41) is 9.17. The molecule has 0 saturated heterocycles. The Labute approximate surface area is 284 Å². The van der Waals surface area contributed by atoms with Gasteiger partial charge in [0.05, 0.1) is 22.2 Å². The fourth-order valence-corrected chi connectivity index (χ4v) is 7.50. The van der Waals surface area contributed by atoms with E-state index >= 15 is 0 Å². The Bertz CT molecular complexity index is 3160. The van der Waals surface area contributed by atoms with Crippen LogP contribution in [0.25, 0.3) is 105 Å². The molecule has 232 valence electrons. The molecule has 6 nitrogen and oxygen atoms in total. The fraction of sp³-hybridized carbons (Fsp3) is 0. The maximum Gasteiger partial charge on any atom is 0.246 e. The molecule has 0 radical (unpaired) electrons. The molecule has 0 N–H and O–H groups in total. The molecule has 0 unspecified atom stereocenters. The molecule has 0 aliphatic carbocycles. The number of pyridine rings is 2. The van der Waals surface area contributed by atoms with Crippen molar-refractivity contribution in [3.05, 3.63) is 152 Å². The Morgan fingerprint density at radius 2 is 1.24 bits per heavy atom. The summed E-state index contributed by atoms with van der Waals surface area (Å²) >= 11 is 0. The van der Waals surface area contributed by atoms with Gasteiger partial charge in [0.2, 0.25) is 5.71 Å². The molecule has 0 amide bonds. The lowest BCUT2D eigenvalue weighted by atomic mass is 10.0. The van der Waals surface area contributed by atoms with Crippen molar-refractivity contribution in [3.63, 3.8) is 0 Å². The van der Waals surface area contributed by atoms with Crippen molar-refractivity contribution in [3.8, 4) is 28.3 Å². The molecule has 0 atom stereocenters. The van der Waals surface area contributed by atoms with Crippen LogP contribution in [0.1, 0.15) is 0 Å². The van der Waals surface area contributed by atoms with Gasteiger partial charge in [0.25, 0.3) is 0 Å². The van der Waals surface area contributed by atoms with Gasteiger partial charge in [0, 0.05) is 50.5 Å². The molecule has 0 saturated carbocycles. The summed E-state index contributed by atoms with van der Waals surface area (Å²) in [4.78, 5) is 20.1. The first-order valence-electron chi connectivity index (χ1n) is 16.6. The Balaban J connectivity index is 1.15. The highest BCUT2D eigenvalue weighted by Crippen LogP contribution is 2.39. The smallest absolute Gasteiger partial charge is 0.246 e. The van der Waals surface area contributed by atoms with Crippen LogP contribution in [-0.2, 0) is 0 Å². The molecule has 0 bridgehead atoms. The zero-order valence-corrected chi connectivity index (χ0v) is 26.6. The zero-order chi connectivity index (χ0) is 32.8. The lowest BCUT2D eigenvalue weighted by molar-refractivity contribution is 0.653. The number of nitrogens with zero attached hydrogens (tertiary/aromatic N) is 5. The van der Waals surface area contributed by atoms with Gasteiger partial charge in [-0.2, -0.15) is 0 Å². The maximum absolute atomic E-state index is 6.22. The number of rotatable bonds is 3. The second-order valence-corrected chi connectivity index (χ2v) is 12.7. The predicted octanol–water partition coefficient (Wildman–Crippen LogP) is 11.1. The van der Waals surface area contributed by atoms with E-state index in [4.69, 9.17) is 19.4 Å². The summed E-state index contributed by atoms with van der Waals surface area (Å²) in [6.07, 6.45) is 3.72. The summed E-state index contributed by atoms with van der Waals surface area (Å²) in [7, 11) is 0. The van der Waals surface area contributed by atoms with Gasteiger partial charge in [-0.3, -0.25) is 9.55 Å². The van der Waals surface area contributed by atoms with Crippen LogP contribution in [0.2, 0.25) is 0 Å². The Kier molecular flexibility index (Phi) is 5.57. The van der Waals surface area contributed by atoms with Crippen LogP contribution < -0.4 is 0 Å². The fourth-order valence-electron chi connectivity index (χ4n) is 7.50. The summed E-state index contributed by atoms with van der Waals surface area (Å²) in [6, 6.07) is 48.5. The van der Waals surface area contributed by atoms with Crippen LogP contribution in [-0.4, -0.2) is 24.5 Å². The van der Waals surface area contributed by atoms with Gasteiger partial charge in [0.15, 0.2) is 0 Å². The normalized spacial score (nSPS) is 12.0. The number of benzene rings is 6. The van der Waals surface area contributed by atoms with Gasteiger partial charge >= 0.3 is 0 Å². The molecular formula is C44H25N5O. The van der Waals surface area contributed by atoms with Crippen LogP contribution >= 0.6 is 0 Å². The Morgan fingerprint density at radius 1 is 0.500 bits per heavy atom. The molecule has 5 heterocycles. The van der Waals surface area contributed by atoms with Gasteiger partial charge in [-0.15, -0.1) is 0 Å². The first kappa shape index (κ1) is 27.1. The minimum Gasteiger partial charge on any atom is -0.436 e. The lowest BCUT2D eigenvalue weighted by Crippen LogP contribution is -1.99. The van der Waals surface area contributed by atoms with Crippen molar-refractivity contribution in [2.24, 2.45) is 0 Å². The van der Waals surface area contributed by atoms with Crippen molar-refractivity contribution >= 4 is 76.5 Å². The summed E-state index contributed by atoms with van der Waals surface area (Å²) in [6.45, 7) is 0. The van der Waals surface area contributed by atoms with Crippen LogP contribution in [0.4, 0.5) is 0 Å². The number of fused-ring (bicyclic) bond motifs is 10. The molecule has 6 heteroatoms. The Morgan fingerprint density at radius 3 is 2.12 bits per heavy atom. The first-order chi connectivity index (χ1) is 24.8. The van der Waals surface area contributed by atoms with E-state index in [0.29, 0.717) is 11.4 Å². The summed E-state index contributed by atoms with van der Waals surface area (Å²) in [5.74, 6) is 0.828. The van der Waals surface area contributed by atoms with Gasteiger partial charge in [-0.1, -0.05) is 91.0 Å². The number of furan rings is 1. The van der Waals surface area contributed by atoms with E-state index in [1.165, 1.54) is 32.3 Å². The highest BCUT2D eigenvalue weighted by molar-refractivity contribution is 6.20. The van der Waals surface area contributed by atoms with Crippen LogP contribution in [0.15, 0.2) is 156 Å². The van der Waals surface area contributed by atoms with Crippen molar-refractivity contribution in [1.29, 1.82) is 0 Å². The third-order valence-corrected chi connectivity index (χ3v) is 9.86. The van der Waals surface area contributed by atoms with E-state index in [0.717, 1.165) is 61.1 Å². The average Bonchev–Trinajstić information content (AvgIpc) is 3.71. The molecule has 11 aromatic rings. The molecule has 0 aliphatic rings. The number of aromatic nitrogens is 5. The Hall–Kier alpha value is -6.92. The number of para-hydroxylation sites is 1. The summed E-state index contributed by atoms with van der Waals surface area (Å²) < 4.78 is 8.52. The van der Waals surface area contributed by atoms with Crippen molar-refractivity contribution in [2.75, 3.05) is 0 Å². The highest BCUT2D eigenvalue weighted by atomic mass is 16.3. The largest absolute Gasteiger partial charge is 0.436 e. The van der Waals surface area contributed by atoms with Crippen LogP contribution in [0.5, 0.6) is 0 Å². The van der Waals surface area contributed by atoms with Gasteiger partial charge in [-0.25, -0.2) is 15.0 Å². The van der Waals surface area contributed by atoms with Crippen molar-refractivity contribution < 1.29 is 4.42 Å². The maximum atomic E-state index is 6.22. The third-order valence-electron chi connectivity index (χ3n) is 9.86. The second kappa shape index (κ2) is 10.3. The van der Waals surface area contributed by atoms with Gasteiger partial charge < -0.3 is 4.42 Å². The quantitative estimate of drug-likeness (QED) is 0.192. The van der Waals surface area contributed by atoms with E-state index in [1.54, 1.807) is 0 Å². The third kappa shape index (κ3) is 3.96. The zero-order valence-electron chi connectivity index (χ0n) is 26.6. The van der Waals surface area contributed by atoms with Gasteiger partial charge in [0.1, 0.15) is 22.6 Å². The molecule has 6 aromatic carbocycles. The average molecular weight is 640 g/mol. The number of hydrogen-bond donors (Lipinski definition) is 0. The molecule has 50 heavy (non-hydrogen) atoms. The molecule has 5 aromatic heterocycles. The van der Waals surface area contributed by atoms with Gasteiger partial charge in [-0.05, 0) is 64.7 Å². The van der Waals surface area contributed by atoms with Crippen molar-refractivity contribution in [2.45, 2.75) is 0 Å². The van der Waals surface area contributed by atoms with E-state index in [2.05, 4.69) is 119 Å². The highest BCUT2D eigenvalue weighted by Gasteiger charge is 2.20. The minimum absolute atomic E-state index is 0.494. The standard InChI is InChI=1S/C44H25N5O/c1-2-10-29-24-37-35(22-28(29)9-1)33-19-17-26-8-3-4-12-32(26)43(33)49(37)39-20-18-31(25-46-39)41-40(30-16-15-27-11-7-21-45-36(27)23-30)47-42-34-13-5-6-14-38(34)50-44(42)48-41/h1-25H. The molecule has 0 aliphatic heterocycles. The van der Waals surface area contributed by atoms with E-state index < -0.39 is 0 Å². The van der Waals surface area contributed by atoms with Crippen molar-refractivity contribution in [1.82, 2.24) is 24.5 Å². The van der Waals surface area contributed by atoms with E-state index in [1.807, 2.05) is 42.7 Å². The molecular weight excluding hydrogens is 615 g/mol. The van der Waals surface area contributed by atoms with Crippen LogP contribution in [0, 0.1) is 0 Å². The van der Waals surface area contributed by atoms with Crippen LogP contribution in [0.3, 0.4) is 0 Å². The molecule has 0 fully saturated rings. The lowest BCUT2D eigenvalue weighted by Gasteiger charge is -2.12. The minimum atomic E-state index is 0.494. The second-order valence-electron chi connectivity index (χ2n) is 12.7. The number of hydrogen-bond acceptors (Lipinski definition) is 5. The monoisotopic (exact) mass is 639 g/mol. The molecule has 11 rings (SSSR count). The SMILES string of the molecule is c1ccc2cc3c(cc2c1)c1ccc2ccccc2c1n3-c1ccc(-c2nc3oc4ccccc4c3nc2-c2ccc3cccnc3c2)cn1. The summed E-state index contributed by atoms with van der Waals surface area (Å²) in [5.41, 5.74) is 8.35.